The number of esters is 1. The van der Waals surface area contributed by atoms with E-state index in [1.165, 1.54) is 18.4 Å². The molecular weight excluding hydrogens is 376 g/mol. The van der Waals surface area contributed by atoms with Crippen molar-refractivity contribution in [3.63, 3.8) is 0 Å². The van der Waals surface area contributed by atoms with Crippen LogP contribution in [0.15, 0.2) is 47.5 Å². The Balaban J connectivity index is 2.00. The number of hydrogen-bond acceptors (Lipinski definition) is 5. The van der Waals surface area contributed by atoms with Crippen molar-refractivity contribution in [2.45, 2.75) is 20.4 Å². The number of hydrogen-bond donors (Lipinski definition) is 0. The fraction of sp³-hybridized carbons (Fsp3) is 0.286. The monoisotopic (exact) mass is 398 g/mol. The Hall–Kier alpha value is -2.77. The van der Waals surface area contributed by atoms with E-state index in [9.17, 15) is 9.59 Å². The number of amides is 1. The van der Waals surface area contributed by atoms with Crippen molar-refractivity contribution < 1.29 is 19.1 Å². The van der Waals surface area contributed by atoms with Gasteiger partial charge in [-0.3, -0.25) is 4.79 Å². The summed E-state index contributed by atoms with van der Waals surface area (Å²) >= 11 is 1.48. The van der Waals surface area contributed by atoms with Crippen LogP contribution in [0.4, 0.5) is 0 Å². The van der Waals surface area contributed by atoms with Crippen LogP contribution in [0.2, 0.25) is 0 Å². The molecule has 0 N–H and O–H groups in total. The number of rotatable bonds is 6. The van der Waals surface area contributed by atoms with E-state index in [1.54, 1.807) is 24.3 Å². The summed E-state index contributed by atoms with van der Waals surface area (Å²) in [5, 5.41) is 0. The summed E-state index contributed by atoms with van der Waals surface area (Å²) in [5.74, 6) is -0.796. The third-order valence-electron chi connectivity index (χ3n) is 4.32. The average molecular weight is 398 g/mol. The molecule has 0 aliphatic rings. The molecule has 1 amide bonds. The zero-order valence-corrected chi connectivity index (χ0v) is 16.9. The largest absolute Gasteiger partial charge is 0.465 e. The molecule has 0 bridgehead atoms. The standard InChI is InChI=1S/C21H22N2O4S/c1-4-27-13-12-23-18-14(2)6-5-7-17(18)28-21(23)22-19(24)15-8-10-16(11-9-15)20(25)26-3/h5-11H,4,12-13H2,1-3H3. The van der Waals surface area contributed by atoms with Crippen LogP contribution in [0.1, 0.15) is 33.2 Å². The minimum absolute atomic E-state index is 0.356. The number of nitrogens with zero attached hydrogens (tertiary/aromatic N) is 2. The lowest BCUT2D eigenvalue weighted by atomic mass is 10.1. The summed E-state index contributed by atoms with van der Waals surface area (Å²) < 4.78 is 13.3. The predicted octanol–water partition coefficient (Wildman–Crippen LogP) is 3.58. The molecule has 146 valence electrons. The first-order chi connectivity index (χ1) is 13.5. The molecule has 0 fully saturated rings. The SMILES string of the molecule is CCOCCn1c(=NC(=O)c2ccc(C(=O)OC)cc2)sc2cccc(C)c21. The van der Waals surface area contributed by atoms with Crippen LogP contribution in [-0.4, -0.2) is 36.8 Å². The van der Waals surface area contributed by atoms with Gasteiger partial charge in [-0.1, -0.05) is 23.5 Å². The molecule has 0 aliphatic heterocycles. The highest BCUT2D eigenvalue weighted by Gasteiger charge is 2.12. The molecule has 0 radical (unpaired) electrons. The second-order valence-electron chi connectivity index (χ2n) is 6.14. The maximum atomic E-state index is 12.7. The van der Waals surface area contributed by atoms with Crippen LogP contribution >= 0.6 is 11.3 Å². The smallest absolute Gasteiger partial charge is 0.337 e. The van der Waals surface area contributed by atoms with E-state index in [0.717, 1.165) is 15.8 Å². The van der Waals surface area contributed by atoms with Crippen LogP contribution < -0.4 is 4.80 Å². The van der Waals surface area contributed by atoms with Crippen molar-refractivity contribution in [3.8, 4) is 0 Å². The molecule has 0 atom stereocenters. The van der Waals surface area contributed by atoms with Gasteiger partial charge in [0.2, 0.25) is 0 Å². The third kappa shape index (κ3) is 4.21. The molecule has 0 saturated heterocycles. The van der Waals surface area contributed by atoms with E-state index >= 15 is 0 Å². The van der Waals surface area contributed by atoms with Crippen LogP contribution in [-0.2, 0) is 16.0 Å². The van der Waals surface area contributed by atoms with Crippen LogP contribution in [0.5, 0.6) is 0 Å². The molecule has 3 rings (SSSR count). The molecule has 1 heterocycles. The van der Waals surface area contributed by atoms with Crippen LogP contribution in [0.25, 0.3) is 10.2 Å². The number of aromatic nitrogens is 1. The molecule has 6 nitrogen and oxygen atoms in total. The van der Waals surface area contributed by atoms with Gasteiger partial charge >= 0.3 is 5.97 Å². The van der Waals surface area contributed by atoms with Crippen LogP contribution in [0.3, 0.4) is 0 Å². The van der Waals surface area contributed by atoms with Gasteiger partial charge in [0.1, 0.15) is 0 Å². The minimum atomic E-state index is -0.440. The summed E-state index contributed by atoms with van der Waals surface area (Å²) in [6.45, 7) is 5.80. The highest BCUT2D eigenvalue weighted by atomic mass is 32.1. The van der Waals surface area contributed by atoms with Gasteiger partial charge < -0.3 is 14.0 Å². The number of benzene rings is 2. The minimum Gasteiger partial charge on any atom is -0.465 e. The molecule has 7 heteroatoms. The molecule has 0 spiro atoms. The fourth-order valence-electron chi connectivity index (χ4n) is 2.92. The molecule has 1 aromatic heterocycles. The van der Waals surface area contributed by atoms with E-state index in [4.69, 9.17) is 4.74 Å². The average Bonchev–Trinajstić information content (AvgIpc) is 3.06. The van der Waals surface area contributed by atoms with Crippen molar-refractivity contribution in [3.05, 3.63) is 64.0 Å². The molecule has 2 aromatic carbocycles. The first kappa shape index (κ1) is 20.0. The zero-order valence-electron chi connectivity index (χ0n) is 16.1. The quantitative estimate of drug-likeness (QED) is 0.470. The summed E-state index contributed by atoms with van der Waals surface area (Å²) in [5.41, 5.74) is 3.00. The second kappa shape index (κ2) is 8.95. The van der Waals surface area contributed by atoms with Gasteiger partial charge in [-0.15, -0.1) is 0 Å². The molecule has 28 heavy (non-hydrogen) atoms. The van der Waals surface area contributed by atoms with E-state index in [0.29, 0.717) is 35.7 Å². The highest BCUT2D eigenvalue weighted by Crippen LogP contribution is 2.21. The first-order valence-corrected chi connectivity index (χ1v) is 9.81. The maximum absolute atomic E-state index is 12.7. The lowest BCUT2D eigenvalue weighted by Crippen LogP contribution is -2.20. The van der Waals surface area contributed by atoms with Crippen molar-refractivity contribution in [2.24, 2.45) is 4.99 Å². The van der Waals surface area contributed by atoms with Gasteiger partial charge in [0.25, 0.3) is 5.91 Å². The molecule has 3 aromatic rings. The van der Waals surface area contributed by atoms with Crippen molar-refractivity contribution in [1.82, 2.24) is 4.57 Å². The fourth-order valence-corrected chi connectivity index (χ4v) is 4.05. The summed E-state index contributed by atoms with van der Waals surface area (Å²) in [6, 6.07) is 12.4. The number of methoxy groups -OCH3 is 1. The molecule has 0 aliphatic carbocycles. The zero-order chi connectivity index (χ0) is 20.1. The first-order valence-electron chi connectivity index (χ1n) is 8.99. The van der Waals surface area contributed by atoms with Gasteiger partial charge in [-0.05, 0) is 49.7 Å². The Morgan fingerprint density at radius 1 is 1.11 bits per heavy atom. The molecule has 0 unspecified atom stereocenters. The Morgan fingerprint density at radius 2 is 1.82 bits per heavy atom. The van der Waals surface area contributed by atoms with Crippen LogP contribution in [0, 0.1) is 6.92 Å². The topological polar surface area (TPSA) is 69.9 Å². The van der Waals surface area contributed by atoms with E-state index < -0.39 is 5.97 Å². The normalized spacial score (nSPS) is 11.8. The van der Waals surface area contributed by atoms with Crippen molar-refractivity contribution in [2.75, 3.05) is 20.3 Å². The van der Waals surface area contributed by atoms with Gasteiger partial charge in [-0.25, -0.2) is 4.79 Å². The van der Waals surface area contributed by atoms with E-state index in [2.05, 4.69) is 9.73 Å². The highest BCUT2D eigenvalue weighted by molar-refractivity contribution is 7.16. The predicted molar refractivity (Wildman–Crippen MR) is 109 cm³/mol. The summed E-state index contributed by atoms with van der Waals surface area (Å²) in [4.78, 5) is 29.2. The number of carbonyl (C=O) groups is 2. The second-order valence-corrected chi connectivity index (χ2v) is 7.15. The lowest BCUT2D eigenvalue weighted by Gasteiger charge is -2.07. The van der Waals surface area contributed by atoms with Gasteiger partial charge in [-0.2, -0.15) is 4.99 Å². The summed E-state index contributed by atoms with van der Waals surface area (Å²) in [7, 11) is 1.32. The molecule has 0 saturated carbocycles. The van der Waals surface area contributed by atoms with E-state index in [-0.39, 0.29) is 5.91 Å². The Bertz CT molecular complexity index is 1060. The Morgan fingerprint density at radius 3 is 2.50 bits per heavy atom. The number of ether oxygens (including phenoxy) is 2. The van der Waals surface area contributed by atoms with Crippen molar-refractivity contribution in [1.29, 1.82) is 0 Å². The number of aryl methyl sites for hydroxylation is 1. The number of carbonyl (C=O) groups excluding carboxylic acids is 2. The number of thiazole rings is 1. The Kier molecular flexibility index (Phi) is 6.38. The van der Waals surface area contributed by atoms with Gasteiger partial charge in [0.05, 0.1) is 29.5 Å². The van der Waals surface area contributed by atoms with Crippen molar-refractivity contribution >= 4 is 33.4 Å². The Labute approximate surface area is 167 Å². The van der Waals surface area contributed by atoms with Gasteiger partial charge in [0.15, 0.2) is 4.80 Å². The van der Waals surface area contributed by atoms with E-state index in [1.807, 2.05) is 36.6 Å². The lowest BCUT2D eigenvalue weighted by molar-refractivity contribution is 0.0600. The summed E-state index contributed by atoms with van der Waals surface area (Å²) in [6.07, 6.45) is 0. The number of fused-ring (bicyclic) bond motifs is 1. The molecular formula is C21H22N2O4S. The number of para-hydroxylation sites is 1. The third-order valence-corrected chi connectivity index (χ3v) is 5.36. The van der Waals surface area contributed by atoms with Gasteiger partial charge in [0, 0.05) is 18.7 Å². The maximum Gasteiger partial charge on any atom is 0.337 e.